The second-order valence-electron chi connectivity index (χ2n) is 6.32. The summed E-state index contributed by atoms with van der Waals surface area (Å²) in [5.41, 5.74) is 2.98. The van der Waals surface area contributed by atoms with Crippen molar-refractivity contribution in [1.82, 2.24) is 0 Å². The van der Waals surface area contributed by atoms with Crippen LogP contribution in [0.4, 0.5) is 0 Å². The predicted octanol–water partition coefficient (Wildman–Crippen LogP) is 4.06. The highest BCUT2D eigenvalue weighted by molar-refractivity contribution is 7.79. The lowest BCUT2D eigenvalue weighted by Gasteiger charge is -2.31. The van der Waals surface area contributed by atoms with Gasteiger partial charge >= 0.3 is 0 Å². The standard InChI is InChI=1S/C20H23ClO4.CH4S/c1-2-24-17-6-3-13(4-7-17)9-15-10-14(5-8-18(15)21)20-19(23)11-16(22)12-25-20;1-2/h3-8,10,16,19-20,22-23H,2,9,11-12H2,1H3;2H,1H3/t16?,19?,20-;/m0./s1. The number of aliphatic hydroxyl groups is 2. The lowest BCUT2D eigenvalue weighted by Crippen LogP contribution is -2.35. The Morgan fingerprint density at radius 3 is 2.48 bits per heavy atom. The maximum absolute atomic E-state index is 10.2. The van der Waals surface area contributed by atoms with Crippen LogP contribution in [0.1, 0.15) is 36.1 Å². The number of hydrogen-bond donors (Lipinski definition) is 3. The van der Waals surface area contributed by atoms with Gasteiger partial charge < -0.3 is 19.7 Å². The molecule has 0 bridgehead atoms. The van der Waals surface area contributed by atoms with Crippen LogP contribution in [0.15, 0.2) is 42.5 Å². The van der Waals surface area contributed by atoms with Crippen LogP contribution in [0.2, 0.25) is 5.02 Å². The van der Waals surface area contributed by atoms with Gasteiger partial charge in [-0.25, -0.2) is 0 Å². The Kier molecular flexibility index (Phi) is 8.93. The van der Waals surface area contributed by atoms with Crippen molar-refractivity contribution in [1.29, 1.82) is 0 Å². The second kappa shape index (κ2) is 10.9. The molecule has 27 heavy (non-hydrogen) atoms. The van der Waals surface area contributed by atoms with E-state index in [1.165, 1.54) is 0 Å². The molecule has 3 rings (SSSR count). The summed E-state index contributed by atoms with van der Waals surface area (Å²) < 4.78 is 11.1. The van der Waals surface area contributed by atoms with E-state index in [4.69, 9.17) is 21.1 Å². The van der Waals surface area contributed by atoms with Crippen molar-refractivity contribution >= 4 is 24.2 Å². The summed E-state index contributed by atoms with van der Waals surface area (Å²) in [6.07, 6.45) is 0.941. The molecule has 2 aromatic carbocycles. The summed E-state index contributed by atoms with van der Waals surface area (Å²) in [6.45, 7) is 2.84. The molecular weight excluding hydrogens is 384 g/mol. The lowest BCUT2D eigenvalue weighted by atomic mass is 9.94. The molecule has 0 aliphatic carbocycles. The number of rotatable bonds is 5. The van der Waals surface area contributed by atoms with Crippen LogP contribution in [-0.2, 0) is 11.2 Å². The third kappa shape index (κ3) is 6.13. The quantitative estimate of drug-likeness (QED) is 0.650. The number of halogens is 1. The van der Waals surface area contributed by atoms with E-state index < -0.39 is 18.3 Å². The zero-order valence-corrected chi connectivity index (χ0v) is 17.3. The monoisotopic (exact) mass is 410 g/mol. The van der Waals surface area contributed by atoms with Crippen molar-refractivity contribution in [3.8, 4) is 5.75 Å². The van der Waals surface area contributed by atoms with Gasteiger partial charge in [0, 0.05) is 11.4 Å². The summed E-state index contributed by atoms with van der Waals surface area (Å²) in [6, 6.07) is 13.6. The van der Waals surface area contributed by atoms with Crippen molar-refractivity contribution in [2.75, 3.05) is 19.5 Å². The molecular formula is C21H27ClO4S. The SMILES string of the molecule is CCOc1ccc(Cc2cc([C@@H]3OCC(O)CC3O)ccc2Cl)cc1.CS. The maximum Gasteiger partial charge on any atom is 0.119 e. The van der Waals surface area contributed by atoms with Crippen LogP contribution < -0.4 is 4.74 Å². The Bertz CT molecular complexity index is 708. The molecule has 0 radical (unpaired) electrons. The van der Waals surface area contributed by atoms with Crippen LogP contribution in [0.25, 0.3) is 0 Å². The van der Waals surface area contributed by atoms with Gasteiger partial charge in [-0.05, 0) is 54.5 Å². The Morgan fingerprint density at radius 2 is 1.85 bits per heavy atom. The highest BCUT2D eigenvalue weighted by Gasteiger charge is 2.30. The zero-order valence-electron chi connectivity index (χ0n) is 15.6. The van der Waals surface area contributed by atoms with E-state index in [1.54, 1.807) is 6.26 Å². The molecule has 2 N–H and O–H groups in total. The molecule has 148 valence electrons. The molecule has 4 nitrogen and oxygen atoms in total. The van der Waals surface area contributed by atoms with Crippen molar-refractivity contribution < 1.29 is 19.7 Å². The van der Waals surface area contributed by atoms with E-state index in [1.807, 2.05) is 49.4 Å². The van der Waals surface area contributed by atoms with E-state index in [9.17, 15) is 10.2 Å². The Labute approximate surface area is 171 Å². The van der Waals surface area contributed by atoms with Crippen LogP contribution >= 0.6 is 24.2 Å². The zero-order chi connectivity index (χ0) is 19.8. The fourth-order valence-corrected chi connectivity index (χ4v) is 3.30. The van der Waals surface area contributed by atoms with Gasteiger partial charge in [-0.2, -0.15) is 12.6 Å². The number of benzene rings is 2. The minimum atomic E-state index is -0.719. The third-order valence-corrected chi connectivity index (χ3v) is 4.73. The van der Waals surface area contributed by atoms with Crippen LogP contribution in [-0.4, -0.2) is 41.9 Å². The molecule has 3 atom stereocenters. The average molecular weight is 411 g/mol. The van der Waals surface area contributed by atoms with Crippen LogP contribution in [0, 0.1) is 0 Å². The number of ether oxygens (including phenoxy) is 2. The molecule has 1 fully saturated rings. The summed E-state index contributed by atoms with van der Waals surface area (Å²) in [5.74, 6) is 0.850. The third-order valence-electron chi connectivity index (χ3n) is 4.36. The smallest absolute Gasteiger partial charge is 0.119 e. The van der Waals surface area contributed by atoms with E-state index in [2.05, 4.69) is 12.6 Å². The number of aliphatic hydroxyl groups excluding tert-OH is 2. The largest absolute Gasteiger partial charge is 0.494 e. The fourth-order valence-electron chi connectivity index (χ4n) is 3.11. The van der Waals surface area contributed by atoms with Crippen LogP contribution in [0.3, 0.4) is 0 Å². The van der Waals surface area contributed by atoms with E-state index in [-0.39, 0.29) is 6.61 Å². The molecule has 1 heterocycles. The average Bonchev–Trinajstić information content (AvgIpc) is 2.67. The first-order valence-electron chi connectivity index (χ1n) is 8.99. The Hall–Kier alpha value is -1.24. The van der Waals surface area contributed by atoms with Gasteiger partial charge in [-0.15, -0.1) is 0 Å². The number of thiol groups is 1. The van der Waals surface area contributed by atoms with Gasteiger partial charge in [0.05, 0.1) is 25.4 Å². The highest BCUT2D eigenvalue weighted by atomic mass is 35.5. The van der Waals surface area contributed by atoms with E-state index >= 15 is 0 Å². The summed E-state index contributed by atoms with van der Waals surface area (Å²) in [5, 5.41) is 20.5. The van der Waals surface area contributed by atoms with E-state index in [0.717, 1.165) is 22.4 Å². The summed E-state index contributed by atoms with van der Waals surface area (Å²) in [7, 11) is 0. The molecule has 0 saturated carbocycles. The molecule has 2 aromatic rings. The molecule has 6 heteroatoms. The van der Waals surface area contributed by atoms with Crippen molar-refractivity contribution in [2.24, 2.45) is 0 Å². The molecule has 0 aromatic heterocycles. The molecule has 0 amide bonds. The van der Waals surface area contributed by atoms with Gasteiger partial charge in [-0.3, -0.25) is 0 Å². The Balaban J connectivity index is 0.00000126. The molecule has 1 saturated heterocycles. The predicted molar refractivity (Wildman–Crippen MR) is 112 cm³/mol. The lowest BCUT2D eigenvalue weighted by molar-refractivity contribution is -0.125. The fraction of sp³-hybridized carbons (Fsp3) is 0.429. The topological polar surface area (TPSA) is 58.9 Å². The van der Waals surface area contributed by atoms with Gasteiger partial charge in [-0.1, -0.05) is 35.9 Å². The van der Waals surface area contributed by atoms with Gasteiger partial charge in [0.2, 0.25) is 0 Å². The van der Waals surface area contributed by atoms with Crippen molar-refractivity contribution in [2.45, 2.75) is 38.1 Å². The minimum Gasteiger partial charge on any atom is -0.494 e. The van der Waals surface area contributed by atoms with Gasteiger partial charge in [0.15, 0.2) is 0 Å². The summed E-state index contributed by atoms with van der Waals surface area (Å²) in [4.78, 5) is 0. The van der Waals surface area contributed by atoms with E-state index in [0.29, 0.717) is 24.5 Å². The first kappa shape index (κ1) is 22.1. The molecule has 1 aliphatic rings. The number of hydrogen-bond acceptors (Lipinski definition) is 5. The normalized spacial score (nSPS) is 21.9. The van der Waals surface area contributed by atoms with Crippen molar-refractivity contribution in [3.63, 3.8) is 0 Å². The first-order valence-corrected chi connectivity index (χ1v) is 10.3. The van der Waals surface area contributed by atoms with Gasteiger partial charge in [0.25, 0.3) is 0 Å². The maximum atomic E-state index is 10.2. The molecule has 1 aliphatic heterocycles. The van der Waals surface area contributed by atoms with Gasteiger partial charge in [0.1, 0.15) is 11.9 Å². The van der Waals surface area contributed by atoms with Crippen molar-refractivity contribution in [3.05, 3.63) is 64.2 Å². The molecule has 2 unspecified atom stereocenters. The minimum absolute atomic E-state index is 0.235. The second-order valence-corrected chi connectivity index (χ2v) is 6.72. The molecule has 0 spiro atoms. The Morgan fingerprint density at radius 1 is 1.15 bits per heavy atom. The summed E-state index contributed by atoms with van der Waals surface area (Å²) >= 11 is 9.89. The first-order chi connectivity index (χ1) is 13.1. The van der Waals surface area contributed by atoms with Crippen LogP contribution in [0.5, 0.6) is 5.75 Å². The highest BCUT2D eigenvalue weighted by Crippen LogP contribution is 2.31.